The lowest BCUT2D eigenvalue weighted by Crippen LogP contribution is -2.38. The Hall–Kier alpha value is -1.81. The zero-order chi connectivity index (χ0) is 15.2. The molecule has 1 N–H and O–H groups in total. The number of halogens is 1. The standard InChI is InChI=1S/C16H20ClN3O/c1-3-13-10-15(20(2)19-13)16(21)18-14(11-17)9-12-7-5-4-6-8-12/h4-8,10,14H,3,9,11H2,1-2H3,(H,18,21). The van der Waals surface area contributed by atoms with E-state index in [9.17, 15) is 4.79 Å². The molecule has 2 rings (SSSR count). The minimum Gasteiger partial charge on any atom is -0.346 e. The van der Waals surface area contributed by atoms with Crippen LogP contribution in [0.3, 0.4) is 0 Å². The van der Waals surface area contributed by atoms with E-state index >= 15 is 0 Å². The molecule has 0 spiro atoms. The van der Waals surface area contributed by atoms with E-state index in [1.54, 1.807) is 11.7 Å². The number of carbonyl (C=O) groups is 1. The van der Waals surface area contributed by atoms with Crippen molar-refractivity contribution >= 4 is 17.5 Å². The largest absolute Gasteiger partial charge is 0.346 e. The van der Waals surface area contributed by atoms with Crippen LogP contribution in [0, 0.1) is 0 Å². The average molecular weight is 306 g/mol. The number of nitrogens with one attached hydrogen (secondary N) is 1. The Kier molecular flexibility index (Phi) is 5.39. The number of nitrogens with zero attached hydrogens (tertiary/aromatic N) is 2. The lowest BCUT2D eigenvalue weighted by molar-refractivity contribution is 0.0931. The predicted octanol–water partition coefficient (Wildman–Crippen LogP) is 2.56. The summed E-state index contributed by atoms with van der Waals surface area (Å²) in [6.07, 6.45) is 1.53. The Balaban J connectivity index is 2.04. The molecule has 1 aromatic carbocycles. The van der Waals surface area contributed by atoms with Gasteiger partial charge in [0.25, 0.3) is 5.91 Å². The van der Waals surface area contributed by atoms with E-state index in [2.05, 4.69) is 10.4 Å². The molecule has 0 aliphatic heterocycles. The number of benzene rings is 1. The summed E-state index contributed by atoms with van der Waals surface area (Å²) in [5, 5.41) is 7.27. The number of alkyl halides is 1. The van der Waals surface area contributed by atoms with Gasteiger partial charge in [0.05, 0.1) is 5.69 Å². The molecule has 1 atom stereocenters. The maximum Gasteiger partial charge on any atom is 0.269 e. The lowest BCUT2D eigenvalue weighted by Gasteiger charge is -2.16. The number of carbonyl (C=O) groups excluding carboxylic acids is 1. The summed E-state index contributed by atoms with van der Waals surface area (Å²) in [7, 11) is 1.78. The molecule has 1 heterocycles. The first kappa shape index (κ1) is 15.6. The van der Waals surface area contributed by atoms with Crippen LogP contribution in [-0.2, 0) is 19.9 Å². The number of amides is 1. The molecule has 0 aliphatic rings. The second-order valence-corrected chi connectivity index (χ2v) is 5.32. The van der Waals surface area contributed by atoms with Crippen molar-refractivity contribution in [3.8, 4) is 0 Å². The molecule has 0 aliphatic carbocycles. The van der Waals surface area contributed by atoms with Crippen molar-refractivity contribution in [3.05, 3.63) is 53.3 Å². The second kappa shape index (κ2) is 7.27. The lowest BCUT2D eigenvalue weighted by atomic mass is 10.1. The van der Waals surface area contributed by atoms with Crippen LogP contribution in [0.1, 0.15) is 28.7 Å². The average Bonchev–Trinajstić information content (AvgIpc) is 2.88. The van der Waals surface area contributed by atoms with E-state index in [4.69, 9.17) is 11.6 Å². The maximum atomic E-state index is 12.3. The summed E-state index contributed by atoms with van der Waals surface area (Å²) in [6, 6.07) is 11.7. The Morgan fingerprint density at radius 2 is 2.10 bits per heavy atom. The molecule has 1 aromatic heterocycles. The van der Waals surface area contributed by atoms with E-state index in [0.717, 1.165) is 17.7 Å². The topological polar surface area (TPSA) is 46.9 Å². The minimum absolute atomic E-state index is 0.0958. The summed E-state index contributed by atoms with van der Waals surface area (Å²) in [4.78, 5) is 12.3. The smallest absolute Gasteiger partial charge is 0.269 e. The Morgan fingerprint density at radius 3 is 2.67 bits per heavy atom. The van der Waals surface area contributed by atoms with Crippen LogP contribution in [-0.4, -0.2) is 27.6 Å². The van der Waals surface area contributed by atoms with Crippen LogP contribution < -0.4 is 5.32 Å². The second-order valence-electron chi connectivity index (χ2n) is 5.01. The highest BCUT2D eigenvalue weighted by atomic mass is 35.5. The van der Waals surface area contributed by atoms with Crippen molar-refractivity contribution in [3.63, 3.8) is 0 Å². The number of hydrogen-bond donors (Lipinski definition) is 1. The molecule has 112 valence electrons. The molecule has 0 saturated heterocycles. The van der Waals surface area contributed by atoms with Gasteiger partial charge in [0.1, 0.15) is 5.69 Å². The van der Waals surface area contributed by atoms with E-state index in [1.807, 2.05) is 43.3 Å². The summed E-state index contributed by atoms with van der Waals surface area (Å²) >= 11 is 5.98. The molecule has 21 heavy (non-hydrogen) atoms. The van der Waals surface area contributed by atoms with Crippen LogP contribution in [0.5, 0.6) is 0 Å². The van der Waals surface area contributed by atoms with Gasteiger partial charge in [0, 0.05) is 19.0 Å². The molecule has 5 heteroatoms. The Bertz CT molecular complexity index is 595. The van der Waals surface area contributed by atoms with Gasteiger partial charge < -0.3 is 5.32 Å². The van der Waals surface area contributed by atoms with Gasteiger partial charge in [-0.3, -0.25) is 9.48 Å². The van der Waals surface area contributed by atoms with Crippen LogP contribution in [0.2, 0.25) is 0 Å². The molecule has 4 nitrogen and oxygen atoms in total. The third-order valence-corrected chi connectivity index (χ3v) is 3.74. The molecule has 0 bridgehead atoms. The quantitative estimate of drug-likeness (QED) is 0.834. The van der Waals surface area contributed by atoms with Gasteiger partial charge in [-0.25, -0.2) is 0 Å². The highest BCUT2D eigenvalue weighted by Crippen LogP contribution is 2.08. The van der Waals surface area contributed by atoms with Crippen LogP contribution in [0.4, 0.5) is 0 Å². The van der Waals surface area contributed by atoms with Crippen LogP contribution >= 0.6 is 11.6 Å². The molecule has 1 unspecified atom stereocenters. The number of aryl methyl sites for hydroxylation is 2. The first-order valence-corrected chi connectivity index (χ1v) is 7.61. The fourth-order valence-electron chi connectivity index (χ4n) is 2.21. The van der Waals surface area contributed by atoms with E-state index < -0.39 is 0 Å². The van der Waals surface area contributed by atoms with E-state index in [1.165, 1.54) is 0 Å². The summed E-state index contributed by atoms with van der Waals surface area (Å²) in [6.45, 7) is 2.01. The summed E-state index contributed by atoms with van der Waals surface area (Å²) < 4.78 is 1.61. The van der Waals surface area contributed by atoms with Crippen molar-refractivity contribution in [2.75, 3.05) is 5.88 Å². The predicted molar refractivity (Wildman–Crippen MR) is 84.7 cm³/mol. The van der Waals surface area contributed by atoms with Crippen molar-refractivity contribution in [1.82, 2.24) is 15.1 Å². The van der Waals surface area contributed by atoms with Crippen LogP contribution in [0.25, 0.3) is 0 Å². The van der Waals surface area contributed by atoms with Gasteiger partial charge in [-0.2, -0.15) is 5.10 Å². The van der Waals surface area contributed by atoms with E-state index in [-0.39, 0.29) is 11.9 Å². The van der Waals surface area contributed by atoms with E-state index in [0.29, 0.717) is 18.0 Å². The van der Waals surface area contributed by atoms with Crippen molar-refractivity contribution in [2.45, 2.75) is 25.8 Å². The third kappa shape index (κ3) is 4.08. The molecular weight excluding hydrogens is 286 g/mol. The fourth-order valence-corrected chi connectivity index (χ4v) is 2.40. The van der Waals surface area contributed by atoms with Gasteiger partial charge in [0.2, 0.25) is 0 Å². The number of hydrogen-bond acceptors (Lipinski definition) is 2. The van der Waals surface area contributed by atoms with Crippen molar-refractivity contribution in [1.29, 1.82) is 0 Å². The van der Waals surface area contributed by atoms with Gasteiger partial charge in [-0.05, 0) is 24.5 Å². The minimum atomic E-state index is -0.133. The molecule has 2 aromatic rings. The summed E-state index contributed by atoms with van der Waals surface area (Å²) in [5.74, 6) is 0.241. The highest BCUT2D eigenvalue weighted by molar-refractivity contribution is 6.18. The number of rotatable bonds is 6. The fraction of sp³-hybridized carbons (Fsp3) is 0.375. The summed E-state index contributed by atoms with van der Waals surface area (Å²) in [5.41, 5.74) is 2.63. The Labute approximate surface area is 130 Å². The number of aromatic nitrogens is 2. The van der Waals surface area contributed by atoms with Gasteiger partial charge >= 0.3 is 0 Å². The van der Waals surface area contributed by atoms with Crippen molar-refractivity contribution < 1.29 is 4.79 Å². The first-order chi connectivity index (χ1) is 10.1. The maximum absolute atomic E-state index is 12.3. The highest BCUT2D eigenvalue weighted by Gasteiger charge is 2.17. The zero-order valence-electron chi connectivity index (χ0n) is 12.3. The van der Waals surface area contributed by atoms with Gasteiger partial charge in [-0.15, -0.1) is 11.6 Å². The Morgan fingerprint density at radius 1 is 1.38 bits per heavy atom. The van der Waals surface area contributed by atoms with Gasteiger partial charge in [-0.1, -0.05) is 37.3 Å². The first-order valence-electron chi connectivity index (χ1n) is 7.07. The molecule has 0 saturated carbocycles. The zero-order valence-corrected chi connectivity index (χ0v) is 13.1. The van der Waals surface area contributed by atoms with Crippen LogP contribution in [0.15, 0.2) is 36.4 Å². The molecule has 0 fully saturated rings. The van der Waals surface area contributed by atoms with Crippen molar-refractivity contribution in [2.24, 2.45) is 7.05 Å². The third-order valence-electron chi connectivity index (χ3n) is 3.37. The monoisotopic (exact) mass is 305 g/mol. The molecule has 0 radical (unpaired) electrons. The van der Waals surface area contributed by atoms with Gasteiger partial charge in [0.15, 0.2) is 0 Å². The SMILES string of the molecule is CCc1cc(C(=O)NC(CCl)Cc2ccccc2)n(C)n1. The normalized spacial score (nSPS) is 12.1. The molecule has 1 amide bonds. The molecular formula is C16H20ClN3O.